The molecule has 144 valence electrons. The molecule has 0 radical (unpaired) electrons. The number of ether oxygens (including phenoxy) is 1. The second kappa shape index (κ2) is 8.52. The summed E-state index contributed by atoms with van der Waals surface area (Å²) >= 11 is 0. The summed E-state index contributed by atoms with van der Waals surface area (Å²) in [4.78, 5) is 26.7. The average Bonchev–Trinajstić information content (AvgIpc) is 2.96. The third kappa shape index (κ3) is 4.28. The Bertz CT molecular complexity index is 1040. The minimum Gasteiger partial charge on any atom is -0.478 e. The van der Waals surface area contributed by atoms with Crippen molar-refractivity contribution in [2.45, 2.75) is 26.3 Å². The largest absolute Gasteiger partial charge is 0.478 e. The highest BCUT2D eigenvalue weighted by Gasteiger charge is 2.16. The first-order chi connectivity index (χ1) is 13.5. The molecule has 0 amide bonds. The van der Waals surface area contributed by atoms with Crippen LogP contribution in [-0.2, 0) is 27.3 Å². The molecule has 3 rings (SSSR count). The number of fused-ring (bicyclic) bond motifs is 1. The van der Waals surface area contributed by atoms with Gasteiger partial charge >= 0.3 is 11.9 Å². The van der Waals surface area contributed by atoms with Gasteiger partial charge in [0.05, 0.1) is 13.5 Å². The summed E-state index contributed by atoms with van der Waals surface area (Å²) in [5.74, 6) is -1.24. The molecule has 0 aliphatic heterocycles. The highest BCUT2D eigenvalue weighted by atomic mass is 16.5. The molecule has 1 aromatic carbocycles. The Morgan fingerprint density at radius 2 is 2.11 bits per heavy atom. The fraction of sp³-hybridized carbons (Fsp3) is 0.227. The number of carbonyl (C=O) groups is 2. The Labute approximate surface area is 163 Å². The third-order valence-electron chi connectivity index (χ3n) is 4.77. The molecular formula is C22H22N2O4. The number of pyridine rings is 1. The highest BCUT2D eigenvalue weighted by molar-refractivity contribution is 5.90. The minimum atomic E-state index is -0.984. The average molecular weight is 378 g/mol. The Kier molecular flexibility index (Phi) is 5.89. The molecule has 0 unspecified atom stereocenters. The quantitative estimate of drug-likeness (QED) is 0.502. The van der Waals surface area contributed by atoms with Crippen molar-refractivity contribution in [3.8, 4) is 0 Å². The predicted octanol–water partition coefficient (Wildman–Crippen LogP) is 3.60. The van der Waals surface area contributed by atoms with Crippen LogP contribution in [-0.4, -0.2) is 33.7 Å². The lowest BCUT2D eigenvalue weighted by atomic mass is 10.0. The number of aromatic nitrogens is 2. The van der Waals surface area contributed by atoms with E-state index >= 15 is 0 Å². The predicted molar refractivity (Wildman–Crippen MR) is 107 cm³/mol. The number of esters is 1. The zero-order chi connectivity index (χ0) is 20.1. The van der Waals surface area contributed by atoms with Crippen molar-refractivity contribution >= 4 is 28.9 Å². The molecular weight excluding hydrogens is 356 g/mol. The van der Waals surface area contributed by atoms with Gasteiger partial charge in [-0.15, -0.1) is 0 Å². The van der Waals surface area contributed by atoms with Crippen LogP contribution in [0.25, 0.3) is 17.0 Å². The zero-order valence-electron chi connectivity index (χ0n) is 15.9. The zero-order valence-corrected chi connectivity index (χ0v) is 15.9. The van der Waals surface area contributed by atoms with Gasteiger partial charge in [-0.1, -0.05) is 12.1 Å². The fourth-order valence-corrected chi connectivity index (χ4v) is 3.36. The molecule has 6 nitrogen and oxygen atoms in total. The van der Waals surface area contributed by atoms with E-state index in [2.05, 4.69) is 9.55 Å². The maximum atomic E-state index is 11.6. The first-order valence-electron chi connectivity index (χ1n) is 8.98. The van der Waals surface area contributed by atoms with Crippen molar-refractivity contribution in [1.82, 2.24) is 9.55 Å². The number of benzene rings is 1. The number of nitrogens with zero attached hydrogens (tertiary/aromatic N) is 2. The Hall–Kier alpha value is -3.41. The molecule has 3 aromatic rings. The number of hydrogen-bond donors (Lipinski definition) is 1. The van der Waals surface area contributed by atoms with Crippen molar-refractivity contribution in [3.05, 3.63) is 71.2 Å². The molecule has 0 fully saturated rings. The molecule has 0 saturated heterocycles. The second-order valence-corrected chi connectivity index (χ2v) is 6.53. The van der Waals surface area contributed by atoms with Crippen molar-refractivity contribution in [3.63, 3.8) is 0 Å². The smallest absolute Gasteiger partial charge is 0.328 e. The Balaban J connectivity index is 2.08. The van der Waals surface area contributed by atoms with E-state index in [4.69, 9.17) is 9.84 Å². The number of aliphatic carboxylic acids is 1. The Morgan fingerprint density at radius 3 is 2.79 bits per heavy atom. The summed E-state index contributed by atoms with van der Waals surface area (Å²) in [6, 6.07) is 9.76. The maximum Gasteiger partial charge on any atom is 0.328 e. The Morgan fingerprint density at radius 1 is 1.29 bits per heavy atom. The molecule has 2 heterocycles. The molecule has 28 heavy (non-hydrogen) atoms. The van der Waals surface area contributed by atoms with Crippen LogP contribution in [0.3, 0.4) is 0 Å². The van der Waals surface area contributed by atoms with E-state index in [1.807, 2.05) is 43.5 Å². The van der Waals surface area contributed by atoms with Crippen LogP contribution < -0.4 is 0 Å². The van der Waals surface area contributed by atoms with Gasteiger partial charge in [-0.05, 0) is 47.9 Å². The van der Waals surface area contributed by atoms with Gasteiger partial charge in [0, 0.05) is 48.0 Å². The summed E-state index contributed by atoms with van der Waals surface area (Å²) < 4.78 is 6.89. The normalized spacial score (nSPS) is 11.2. The monoisotopic (exact) mass is 378 g/mol. The van der Waals surface area contributed by atoms with Crippen LogP contribution >= 0.6 is 0 Å². The van der Waals surface area contributed by atoms with Crippen LogP contribution in [0.1, 0.15) is 28.8 Å². The van der Waals surface area contributed by atoms with Crippen molar-refractivity contribution in [2.24, 2.45) is 0 Å². The summed E-state index contributed by atoms with van der Waals surface area (Å²) in [5.41, 5.74) is 5.12. The van der Waals surface area contributed by atoms with Gasteiger partial charge in [-0.3, -0.25) is 9.78 Å². The minimum absolute atomic E-state index is 0.254. The third-order valence-corrected chi connectivity index (χ3v) is 4.77. The molecule has 0 saturated carbocycles. The van der Waals surface area contributed by atoms with Crippen molar-refractivity contribution in [2.75, 3.05) is 7.11 Å². The molecule has 1 N–H and O–H groups in total. The summed E-state index contributed by atoms with van der Waals surface area (Å²) in [6.07, 6.45) is 7.28. The van der Waals surface area contributed by atoms with Gasteiger partial charge in [0.2, 0.25) is 0 Å². The van der Waals surface area contributed by atoms with E-state index in [0.29, 0.717) is 13.0 Å². The van der Waals surface area contributed by atoms with Crippen LogP contribution in [0.5, 0.6) is 0 Å². The first-order valence-corrected chi connectivity index (χ1v) is 8.98. The number of rotatable bonds is 7. The first kappa shape index (κ1) is 19.4. The number of carboxylic acid groups (broad SMARTS) is 1. The number of carbonyl (C=O) groups excluding carboxylic acids is 1. The summed E-state index contributed by atoms with van der Waals surface area (Å²) in [6.45, 7) is 2.56. The van der Waals surface area contributed by atoms with Crippen LogP contribution in [0.2, 0.25) is 0 Å². The molecule has 0 aliphatic carbocycles. The molecule has 0 bridgehead atoms. The summed E-state index contributed by atoms with van der Waals surface area (Å²) in [5, 5.41) is 9.93. The second-order valence-electron chi connectivity index (χ2n) is 6.53. The summed E-state index contributed by atoms with van der Waals surface area (Å²) in [7, 11) is 1.39. The number of carboxylic acids is 1. The standard InChI is InChI=1S/C22H22N2O4/c1-15-18(13-17-4-3-10-23-14-17)19-12-16(6-8-21(25)26)5-7-20(19)24(15)11-9-22(27)28-2/h3-8,10,12,14H,9,11,13H2,1-2H3,(H,25,26). The molecule has 2 aromatic heterocycles. The lowest BCUT2D eigenvalue weighted by Gasteiger charge is -2.08. The molecule has 0 atom stereocenters. The van der Waals surface area contributed by atoms with E-state index in [9.17, 15) is 9.59 Å². The number of methoxy groups -OCH3 is 1. The van der Waals surface area contributed by atoms with Gasteiger partial charge in [0.15, 0.2) is 0 Å². The van der Waals surface area contributed by atoms with E-state index < -0.39 is 5.97 Å². The molecule has 6 heteroatoms. The van der Waals surface area contributed by atoms with Gasteiger partial charge in [0.25, 0.3) is 0 Å². The van der Waals surface area contributed by atoms with Gasteiger partial charge < -0.3 is 14.4 Å². The van der Waals surface area contributed by atoms with Gasteiger partial charge in [-0.2, -0.15) is 0 Å². The highest BCUT2D eigenvalue weighted by Crippen LogP contribution is 2.29. The van der Waals surface area contributed by atoms with Gasteiger partial charge in [-0.25, -0.2) is 4.79 Å². The number of hydrogen-bond acceptors (Lipinski definition) is 4. The van der Waals surface area contributed by atoms with Crippen LogP contribution in [0.4, 0.5) is 0 Å². The van der Waals surface area contributed by atoms with E-state index in [0.717, 1.165) is 39.4 Å². The number of aryl methyl sites for hydroxylation is 1. The van der Waals surface area contributed by atoms with E-state index in [1.165, 1.54) is 7.11 Å². The van der Waals surface area contributed by atoms with E-state index in [1.54, 1.807) is 12.3 Å². The SMILES string of the molecule is COC(=O)CCn1c(C)c(Cc2cccnc2)c2cc(C=CC(=O)O)ccc21. The van der Waals surface area contributed by atoms with Crippen molar-refractivity contribution in [1.29, 1.82) is 0 Å². The van der Waals surface area contributed by atoms with E-state index in [-0.39, 0.29) is 12.4 Å². The fourth-order valence-electron chi connectivity index (χ4n) is 3.36. The van der Waals surface area contributed by atoms with Crippen LogP contribution in [0, 0.1) is 6.92 Å². The lowest BCUT2D eigenvalue weighted by molar-refractivity contribution is -0.140. The van der Waals surface area contributed by atoms with Crippen LogP contribution in [0.15, 0.2) is 48.8 Å². The van der Waals surface area contributed by atoms with Gasteiger partial charge in [0.1, 0.15) is 0 Å². The lowest BCUT2D eigenvalue weighted by Crippen LogP contribution is -2.08. The molecule has 0 aliphatic rings. The van der Waals surface area contributed by atoms with Crippen molar-refractivity contribution < 1.29 is 19.4 Å². The molecule has 0 spiro atoms. The maximum absolute atomic E-state index is 11.6. The topological polar surface area (TPSA) is 81.4 Å².